The molecule has 1 aromatic heterocycles. The van der Waals surface area contributed by atoms with Crippen LogP contribution in [0.25, 0.3) is 10.8 Å². The van der Waals surface area contributed by atoms with E-state index in [9.17, 15) is 4.79 Å². The molecule has 0 spiro atoms. The molecule has 18 heavy (non-hydrogen) atoms. The van der Waals surface area contributed by atoms with Crippen molar-refractivity contribution in [2.45, 2.75) is 6.92 Å². The summed E-state index contributed by atoms with van der Waals surface area (Å²) < 4.78 is 10.8. The SMILES string of the molecule is CC(=O)OCCOc1n[nH]c(=S)c2ccccc12. The monoisotopic (exact) mass is 264 g/mol. The van der Waals surface area contributed by atoms with Gasteiger partial charge in [-0.15, -0.1) is 5.10 Å². The van der Waals surface area contributed by atoms with Gasteiger partial charge in [0.15, 0.2) is 0 Å². The molecule has 0 saturated heterocycles. The number of carbonyl (C=O) groups is 1. The van der Waals surface area contributed by atoms with E-state index >= 15 is 0 Å². The van der Waals surface area contributed by atoms with E-state index in [0.717, 1.165) is 10.8 Å². The smallest absolute Gasteiger partial charge is 0.302 e. The number of nitrogens with zero attached hydrogens (tertiary/aromatic N) is 1. The van der Waals surface area contributed by atoms with Crippen LogP contribution in [-0.4, -0.2) is 29.4 Å². The van der Waals surface area contributed by atoms with Gasteiger partial charge in [0.1, 0.15) is 17.9 Å². The summed E-state index contributed by atoms with van der Waals surface area (Å²) in [6, 6.07) is 7.56. The van der Waals surface area contributed by atoms with Crippen molar-refractivity contribution in [2.24, 2.45) is 0 Å². The van der Waals surface area contributed by atoms with Gasteiger partial charge in [0.25, 0.3) is 0 Å². The molecule has 0 amide bonds. The maximum atomic E-state index is 10.6. The minimum Gasteiger partial charge on any atom is -0.473 e. The van der Waals surface area contributed by atoms with Crippen LogP contribution in [0.4, 0.5) is 0 Å². The van der Waals surface area contributed by atoms with Crippen molar-refractivity contribution in [3.8, 4) is 5.88 Å². The number of hydrogen-bond donors (Lipinski definition) is 1. The predicted molar refractivity (Wildman–Crippen MR) is 69.1 cm³/mol. The first-order valence-corrected chi connectivity index (χ1v) is 5.83. The highest BCUT2D eigenvalue weighted by molar-refractivity contribution is 7.71. The Morgan fingerprint density at radius 3 is 2.78 bits per heavy atom. The average Bonchev–Trinajstić information content (AvgIpc) is 2.37. The molecule has 5 nitrogen and oxygen atoms in total. The van der Waals surface area contributed by atoms with Crippen LogP contribution >= 0.6 is 12.2 Å². The van der Waals surface area contributed by atoms with Gasteiger partial charge in [-0.1, -0.05) is 30.4 Å². The summed E-state index contributed by atoms with van der Waals surface area (Å²) >= 11 is 5.14. The Hall–Kier alpha value is -1.95. The van der Waals surface area contributed by atoms with Gasteiger partial charge in [0.2, 0.25) is 5.88 Å². The van der Waals surface area contributed by atoms with Crippen LogP contribution in [0.3, 0.4) is 0 Å². The van der Waals surface area contributed by atoms with Crippen molar-refractivity contribution < 1.29 is 14.3 Å². The van der Waals surface area contributed by atoms with Gasteiger partial charge >= 0.3 is 5.97 Å². The summed E-state index contributed by atoms with van der Waals surface area (Å²) in [6.07, 6.45) is 0. The van der Waals surface area contributed by atoms with Gasteiger partial charge in [-0.25, -0.2) is 0 Å². The van der Waals surface area contributed by atoms with Crippen LogP contribution in [0.1, 0.15) is 6.92 Å². The van der Waals surface area contributed by atoms with Crippen LogP contribution in [0.15, 0.2) is 24.3 Å². The van der Waals surface area contributed by atoms with Crippen LogP contribution in [0, 0.1) is 4.64 Å². The summed E-state index contributed by atoms with van der Waals surface area (Å²) in [5.74, 6) is 0.121. The minimum absolute atomic E-state index is 0.195. The van der Waals surface area contributed by atoms with Crippen LogP contribution < -0.4 is 4.74 Å². The van der Waals surface area contributed by atoms with Crippen molar-refractivity contribution in [3.05, 3.63) is 28.9 Å². The van der Waals surface area contributed by atoms with E-state index in [1.807, 2.05) is 24.3 Å². The molecular weight excluding hydrogens is 252 g/mol. The van der Waals surface area contributed by atoms with Crippen molar-refractivity contribution in [1.29, 1.82) is 0 Å². The third-order valence-corrected chi connectivity index (χ3v) is 2.60. The van der Waals surface area contributed by atoms with E-state index in [4.69, 9.17) is 21.7 Å². The van der Waals surface area contributed by atoms with E-state index < -0.39 is 0 Å². The Bertz CT molecular complexity index is 624. The number of nitrogens with one attached hydrogen (secondary N) is 1. The first-order chi connectivity index (χ1) is 8.68. The normalized spacial score (nSPS) is 10.3. The van der Waals surface area contributed by atoms with Gasteiger partial charge in [0, 0.05) is 17.7 Å². The van der Waals surface area contributed by atoms with E-state index in [0.29, 0.717) is 10.5 Å². The van der Waals surface area contributed by atoms with Crippen molar-refractivity contribution >= 4 is 29.0 Å². The number of ether oxygens (including phenoxy) is 2. The molecule has 0 aliphatic carbocycles. The van der Waals surface area contributed by atoms with E-state index in [2.05, 4.69) is 10.2 Å². The Morgan fingerprint density at radius 1 is 1.33 bits per heavy atom. The fourth-order valence-corrected chi connectivity index (χ4v) is 1.75. The second-order valence-corrected chi connectivity index (χ2v) is 4.00. The van der Waals surface area contributed by atoms with Crippen molar-refractivity contribution in [2.75, 3.05) is 13.2 Å². The summed E-state index contributed by atoms with van der Waals surface area (Å²) in [6.45, 7) is 1.80. The van der Waals surface area contributed by atoms with Crippen molar-refractivity contribution in [1.82, 2.24) is 10.2 Å². The van der Waals surface area contributed by atoms with Gasteiger partial charge in [-0.05, 0) is 6.07 Å². The lowest BCUT2D eigenvalue weighted by molar-refractivity contribution is -0.141. The van der Waals surface area contributed by atoms with Crippen LogP contribution in [0.5, 0.6) is 5.88 Å². The molecule has 1 N–H and O–H groups in total. The largest absolute Gasteiger partial charge is 0.473 e. The molecule has 94 valence electrons. The van der Waals surface area contributed by atoms with E-state index in [-0.39, 0.29) is 19.2 Å². The molecule has 0 saturated carbocycles. The van der Waals surface area contributed by atoms with E-state index in [1.54, 1.807) is 0 Å². The quantitative estimate of drug-likeness (QED) is 0.521. The summed E-state index contributed by atoms with van der Waals surface area (Å²) in [4.78, 5) is 10.6. The summed E-state index contributed by atoms with van der Waals surface area (Å²) in [5, 5.41) is 8.47. The molecule has 1 aromatic carbocycles. The molecule has 0 radical (unpaired) electrons. The second kappa shape index (κ2) is 5.59. The number of esters is 1. The maximum absolute atomic E-state index is 10.6. The predicted octanol–water partition coefficient (Wildman–Crippen LogP) is 2.23. The lowest BCUT2D eigenvalue weighted by Gasteiger charge is -2.07. The number of H-pyrrole nitrogens is 1. The topological polar surface area (TPSA) is 64.2 Å². The Balaban J connectivity index is 2.16. The number of benzene rings is 1. The molecule has 2 aromatic rings. The highest BCUT2D eigenvalue weighted by Gasteiger charge is 2.05. The van der Waals surface area contributed by atoms with Gasteiger partial charge in [-0.2, -0.15) is 0 Å². The standard InChI is InChI=1S/C12H12N2O3S/c1-8(15)16-6-7-17-11-9-4-2-3-5-10(9)12(18)14-13-11/h2-5H,6-7H2,1H3,(H,14,18). The van der Waals surface area contributed by atoms with Crippen LogP contribution in [-0.2, 0) is 9.53 Å². The lowest BCUT2D eigenvalue weighted by atomic mass is 10.2. The van der Waals surface area contributed by atoms with Gasteiger partial charge < -0.3 is 9.47 Å². The fraction of sp³-hybridized carbons (Fsp3) is 0.250. The highest BCUT2D eigenvalue weighted by atomic mass is 32.1. The van der Waals surface area contributed by atoms with Gasteiger partial charge in [0.05, 0.1) is 0 Å². The molecule has 0 aliphatic heterocycles. The molecule has 0 atom stereocenters. The summed E-state index contributed by atoms with van der Waals surface area (Å²) in [5.41, 5.74) is 0. The number of aromatic amines is 1. The third kappa shape index (κ3) is 2.84. The molecule has 1 heterocycles. The third-order valence-electron chi connectivity index (χ3n) is 2.29. The zero-order valence-electron chi connectivity index (χ0n) is 9.80. The van der Waals surface area contributed by atoms with Crippen molar-refractivity contribution in [3.63, 3.8) is 0 Å². The zero-order valence-corrected chi connectivity index (χ0v) is 10.6. The first-order valence-electron chi connectivity index (χ1n) is 5.42. The fourth-order valence-electron chi connectivity index (χ4n) is 1.52. The maximum Gasteiger partial charge on any atom is 0.302 e. The molecule has 2 rings (SSSR count). The molecule has 6 heteroatoms. The lowest BCUT2D eigenvalue weighted by Crippen LogP contribution is -2.10. The van der Waals surface area contributed by atoms with E-state index in [1.165, 1.54) is 6.92 Å². The molecule has 0 bridgehead atoms. The number of aromatic nitrogens is 2. The molecular formula is C12H12N2O3S. The summed E-state index contributed by atoms with van der Waals surface area (Å²) in [7, 11) is 0. The van der Waals surface area contributed by atoms with Gasteiger partial charge in [-0.3, -0.25) is 9.89 Å². The molecule has 0 fully saturated rings. The van der Waals surface area contributed by atoms with Crippen LogP contribution in [0.2, 0.25) is 0 Å². The number of rotatable bonds is 4. The first kappa shape index (κ1) is 12.5. The Labute approximate surface area is 109 Å². The minimum atomic E-state index is -0.330. The highest BCUT2D eigenvalue weighted by Crippen LogP contribution is 2.22. The number of hydrogen-bond acceptors (Lipinski definition) is 5. The average molecular weight is 264 g/mol. The number of carbonyl (C=O) groups excluding carboxylic acids is 1. The Kier molecular flexibility index (Phi) is 3.88. The number of fused-ring (bicyclic) bond motifs is 1. The Morgan fingerprint density at radius 2 is 2.06 bits per heavy atom. The molecule has 0 unspecified atom stereocenters. The molecule has 0 aliphatic rings. The zero-order chi connectivity index (χ0) is 13.0. The second-order valence-electron chi connectivity index (χ2n) is 3.59.